The van der Waals surface area contributed by atoms with Crippen LogP contribution in [0.15, 0.2) is 97.2 Å². The van der Waals surface area contributed by atoms with Gasteiger partial charge in [-0.25, -0.2) is 0 Å². The third-order valence-corrected chi connectivity index (χ3v) is 10.8. The number of unbranched alkanes of at least 4 members (excludes halogenated alkanes) is 19. The Labute approximate surface area is 394 Å². The molecule has 0 aromatic carbocycles. The first-order valence-corrected chi connectivity index (χ1v) is 26.2. The second-order valence-corrected chi connectivity index (χ2v) is 17.0. The van der Waals surface area contributed by atoms with E-state index in [9.17, 15) is 14.4 Å². The van der Waals surface area contributed by atoms with Crippen LogP contribution in [0, 0.1) is 0 Å². The van der Waals surface area contributed by atoms with Gasteiger partial charge < -0.3 is 14.2 Å². The van der Waals surface area contributed by atoms with Crippen LogP contribution in [0.1, 0.15) is 233 Å². The van der Waals surface area contributed by atoms with E-state index >= 15 is 0 Å². The van der Waals surface area contributed by atoms with Gasteiger partial charge in [0, 0.05) is 19.3 Å². The molecule has 0 aromatic rings. The Bertz CT molecular complexity index is 1300. The Kier molecular flexibility index (Phi) is 49.0. The van der Waals surface area contributed by atoms with Crippen LogP contribution in [0.5, 0.6) is 0 Å². The molecule has 1 atom stereocenters. The average molecular weight is 889 g/mol. The molecule has 0 spiro atoms. The molecule has 0 saturated carbocycles. The van der Waals surface area contributed by atoms with Crippen LogP contribution in [0.3, 0.4) is 0 Å². The minimum Gasteiger partial charge on any atom is -0.462 e. The van der Waals surface area contributed by atoms with Crippen LogP contribution in [-0.2, 0) is 28.6 Å². The highest BCUT2D eigenvalue weighted by molar-refractivity contribution is 5.71. The van der Waals surface area contributed by atoms with Crippen molar-refractivity contribution in [3.05, 3.63) is 97.2 Å². The van der Waals surface area contributed by atoms with Crippen molar-refractivity contribution < 1.29 is 28.6 Å². The van der Waals surface area contributed by atoms with Crippen LogP contribution in [0.25, 0.3) is 0 Å². The Balaban J connectivity index is 4.34. The minimum absolute atomic E-state index is 0.106. The first kappa shape index (κ1) is 60.3. The molecule has 364 valence electrons. The highest BCUT2D eigenvalue weighted by Crippen LogP contribution is 2.14. The zero-order valence-electron chi connectivity index (χ0n) is 41.5. The molecular formula is C58H96O6. The summed E-state index contributed by atoms with van der Waals surface area (Å²) in [6.45, 7) is 6.32. The summed E-state index contributed by atoms with van der Waals surface area (Å²) in [7, 11) is 0. The zero-order chi connectivity index (χ0) is 46.5. The van der Waals surface area contributed by atoms with Crippen LogP contribution in [0.2, 0.25) is 0 Å². The number of carbonyl (C=O) groups is 3. The van der Waals surface area contributed by atoms with Gasteiger partial charge in [0.05, 0.1) is 0 Å². The number of hydrogen-bond acceptors (Lipinski definition) is 6. The standard InChI is InChI=1S/C58H96O6/c1-4-7-10-13-16-19-22-24-25-26-27-28-29-30-31-32-33-35-36-39-42-45-48-51-57(60)63-54-55(53-62-56(59)50-47-44-41-38-21-18-15-12-9-6-3)64-58(61)52-49-46-43-40-37-34-23-20-17-14-11-8-5-2/h7-8,10-11,16-17,19-20,24-25,27-28,34,37,43,46,55H,4-6,9,12-15,18,21-23,26,29-33,35-36,38-42,44-45,47-54H2,1-3H3/b10-7-,11-8-,19-16-,20-17-,25-24-,28-27-,37-34-,46-43-. The van der Waals surface area contributed by atoms with Crippen molar-refractivity contribution in [2.45, 2.75) is 239 Å². The quantitative estimate of drug-likeness (QED) is 0.0262. The maximum absolute atomic E-state index is 12.7. The molecule has 0 aliphatic heterocycles. The lowest BCUT2D eigenvalue weighted by Gasteiger charge is -2.18. The van der Waals surface area contributed by atoms with Crippen molar-refractivity contribution in [2.75, 3.05) is 13.2 Å². The van der Waals surface area contributed by atoms with E-state index in [0.29, 0.717) is 19.3 Å². The lowest BCUT2D eigenvalue weighted by Crippen LogP contribution is -2.30. The largest absolute Gasteiger partial charge is 0.462 e. The fraction of sp³-hybridized carbons (Fsp3) is 0.672. The molecule has 6 nitrogen and oxygen atoms in total. The first-order chi connectivity index (χ1) is 31.5. The molecule has 0 aromatic heterocycles. The Morgan fingerprint density at radius 1 is 0.328 bits per heavy atom. The van der Waals surface area contributed by atoms with Crippen molar-refractivity contribution >= 4 is 17.9 Å². The molecule has 1 unspecified atom stereocenters. The molecule has 6 heteroatoms. The Hall–Kier alpha value is -3.67. The third-order valence-electron chi connectivity index (χ3n) is 10.8. The molecule has 0 bridgehead atoms. The molecule has 0 rings (SSSR count). The molecule has 0 amide bonds. The maximum atomic E-state index is 12.7. The zero-order valence-corrected chi connectivity index (χ0v) is 41.5. The summed E-state index contributed by atoms with van der Waals surface area (Å²) in [5.74, 6) is -0.997. The summed E-state index contributed by atoms with van der Waals surface area (Å²) in [6.07, 6.45) is 68.4. The molecule has 0 N–H and O–H groups in total. The van der Waals surface area contributed by atoms with E-state index < -0.39 is 12.1 Å². The first-order valence-electron chi connectivity index (χ1n) is 26.2. The smallest absolute Gasteiger partial charge is 0.306 e. The van der Waals surface area contributed by atoms with Gasteiger partial charge in [-0.15, -0.1) is 0 Å². The molecule has 0 aliphatic rings. The molecule has 0 aliphatic carbocycles. The van der Waals surface area contributed by atoms with Crippen molar-refractivity contribution in [3.63, 3.8) is 0 Å². The van der Waals surface area contributed by atoms with Gasteiger partial charge in [-0.05, 0) is 83.5 Å². The van der Waals surface area contributed by atoms with Gasteiger partial charge >= 0.3 is 17.9 Å². The number of allylic oxidation sites excluding steroid dienone is 16. The van der Waals surface area contributed by atoms with Crippen LogP contribution >= 0.6 is 0 Å². The normalized spacial score (nSPS) is 12.9. The van der Waals surface area contributed by atoms with E-state index in [1.54, 1.807) is 0 Å². The average Bonchev–Trinajstić information content (AvgIpc) is 3.29. The van der Waals surface area contributed by atoms with E-state index in [-0.39, 0.29) is 31.6 Å². The number of rotatable bonds is 46. The fourth-order valence-electron chi connectivity index (χ4n) is 6.98. The third kappa shape index (κ3) is 49.3. The van der Waals surface area contributed by atoms with Crippen molar-refractivity contribution in [2.24, 2.45) is 0 Å². The molecule has 0 radical (unpaired) electrons. The van der Waals surface area contributed by atoms with E-state index in [2.05, 4.69) is 106 Å². The summed E-state index contributed by atoms with van der Waals surface area (Å²) in [5, 5.41) is 0. The van der Waals surface area contributed by atoms with Crippen LogP contribution < -0.4 is 0 Å². The summed E-state index contributed by atoms with van der Waals surface area (Å²) in [6, 6.07) is 0. The van der Waals surface area contributed by atoms with Gasteiger partial charge in [-0.1, -0.05) is 227 Å². The van der Waals surface area contributed by atoms with E-state index in [0.717, 1.165) is 89.9 Å². The van der Waals surface area contributed by atoms with Gasteiger partial charge in [-0.2, -0.15) is 0 Å². The predicted octanol–water partition coefficient (Wildman–Crippen LogP) is 17.4. The van der Waals surface area contributed by atoms with Gasteiger partial charge in [0.1, 0.15) is 13.2 Å². The van der Waals surface area contributed by atoms with Gasteiger partial charge in [0.2, 0.25) is 0 Å². The molecule has 64 heavy (non-hydrogen) atoms. The number of esters is 3. The second-order valence-electron chi connectivity index (χ2n) is 17.0. The molecule has 0 saturated heterocycles. The lowest BCUT2D eigenvalue weighted by molar-refractivity contribution is -0.166. The summed E-state index contributed by atoms with van der Waals surface area (Å²) < 4.78 is 16.7. The highest BCUT2D eigenvalue weighted by atomic mass is 16.6. The predicted molar refractivity (Wildman–Crippen MR) is 274 cm³/mol. The minimum atomic E-state index is -0.815. The lowest BCUT2D eigenvalue weighted by atomic mass is 10.1. The molecule has 0 fully saturated rings. The van der Waals surface area contributed by atoms with Crippen LogP contribution in [0.4, 0.5) is 0 Å². The van der Waals surface area contributed by atoms with Gasteiger partial charge in [0.25, 0.3) is 0 Å². The fourth-order valence-corrected chi connectivity index (χ4v) is 6.98. The number of ether oxygens (including phenoxy) is 3. The van der Waals surface area contributed by atoms with Gasteiger partial charge in [0.15, 0.2) is 6.10 Å². The summed E-state index contributed by atoms with van der Waals surface area (Å²) >= 11 is 0. The number of carbonyl (C=O) groups excluding carboxylic acids is 3. The SMILES string of the molecule is CC/C=C\C/C=C\C/C=C\C/C=C\CCCCCCCCCCCCC(=O)OCC(COC(=O)CCCCCCCCCCCC)OC(=O)CC/C=C\C/C=C\C/C=C\C/C=C\CC. The van der Waals surface area contributed by atoms with Crippen molar-refractivity contribution in [1.29, 1.82) is 0 Å². The monoisotopic (exact) mass is 889 g/mol. The summed E-state index contributed by atoms with van der Waals surface area (Å²) in [5.41, 5.74) is 0. The number of hydrogen-bond donors (Lipinski definition) is 0. The Morgan fingerprint density at radius 2 is 0.641 bits per heavy atom. The molecular weight excluding hydrogens is 793 g/mol. The summed E-state index contributed by atoms with van der Waals surface area (Å²) in [4.78, 5) is 37.9. The van der Waals surface area contributed by atoms with E-state index in [1.165, 1.54) is 96.3 Å². The van der Waals surface area contributed by atoms with Crippen LogP contribution in [-0.4, -0.2) is 37.2 Å². The second kappa shape index (κ2) is 52.0. The van der Waals surface area contributed by atoms with Crippen molar-refractivity contribution in [3.8, 4) is 0 Å². The maximum Gasteiger partial charge on any atom is 0.306 e. The highest BCUT2D eigenvalue weighted by Gasteiger charge is 2.19. The van der Waals surface area contributed by atoms with E-state index in [1.807, 2.05) is 12.2 Å². The topological polar surface area (TPSA) is 78.9 Å². The van der Waals surface area contributed by atoms with E-state index in [4.69, 9.17) is 14.2 Å². The van der Waals surface area contributed by atoms with Crippen molar-refractivity contribution in [1.82, 2.24) is 0 Å². The van der Waals surface area contributed by atoms with Gasteiger partial charge in [-0.3, -0.25) is 14.4 Å². The Morgan fingerprint density at radius 3 is 1.02 bits per heavy atom. The molecule has 0 heterocycles.